The molecule has 0 aliphatic carbocycles. The van der Waals surface area contributed by atoms with Crippen molar-refractivity contribution in [1.82, 2.24) is 0 Å². The topological polar surface area (TPSA) is 0 Å². The molecule has 144 heavy (non-hydrogen) atoms. The molecule has 10 rings (SSSR count). The largest absolute Gasteiger partial charge is 1.00 e. The van der Waals surface area contributed by atoms with Crippen molar-refractivity contribution in [3.8, 4) is 0 Å². The monoisotopic (exact) mass is 2250 g/mol. The second kappa shape index (κ2) is 87.3. The van der Waals surface area contributed by atoms with Gasteiger partial charge < -0.3 is 169 Å². The van der Waals surface area contributed by atoms with Crippen molar-refractivity contribution in [1.29, 1.82) is 0 Å². The summed E-state index contributed by atoms with van der Waals surface area (Å²) in [7, 11) is 18.9. The van der Waals surface area contributed by atoms with Crippen molar-refractivity contribution in [2.24, 2.45) is 118 Å². The summed E-state index contributed by atoms with van der Waals surface area (Å²) in [6.45, 7) is 121. The second-order valence-electron chi connectivity index (χ2n) is 52.7. The van der Waals surface area contributed by atoms with Gasteiger partial charge in [-0.3, -0.25) is 0 Å². The number of quaternary nitrogens is 10. The number of likely N-dealkylation sites (tertiary alicyclic amines) is 10. The van der Waals surface area contributed by atoms with Crippen LogP contribution in [0.15, 0.2) is 0 Å². The van der Waals surface area contributed by atoms with Crippen LogP contribution in [0.25, 0.3) is 0 Å². The molecule has 0 amide bonds. The van der Waals surface area contributed by atoms with Crippen LogP contribution in [0, 0.1) is 118 Å². The Morgan fingerprint density at radius 2 is 0.292 bits per heavy atom. The first-order valence-corrected chi connectivity index (χ1v) is 61.7. The SMILES string of the molecule is CCC1CC(C)C[N+](C)(C)C1.CCC1CC(C)C[N+](C)(C)C1.CCC1CC(C)C[N+](CC)(CC)C1.CCC1C[N+](C)(C)CC1CC.CCC1C[N+](C)(C)CC1CC.CCC1C[N+](CC)(CC)CC1CC.CCCC[N+]1(CCCC)CC(C)CC(CC)C1.CCCC[N+]1(CCCC)CC(CC)C(CC)C1.CCC[N+]1(CCC)CC(C)CC(CC)C1.CCC[N+]1(CCC)CC(CC)C(CC)C1.[Cl-].[Cl-].[Cl-].[Cl-].[Cl-].[Cl-].[Cl-].[Cl-].[Cl-].[Cl-]. The third-order valence-electron chi connectivity index (χ3n) is 38.4. The maximum atomic E-state index is 2.48. The number of unbranched alkanes of at least 4 members (excludes halogenated alkanes) is 4. The molecule has 10 aliphatic rings. The summed E-state index contributed by atoms with van der Waals surface area (Å²) in [5, 5.41) is 0. The molecule has 0 spiro atoms. The molecule has 0 saturated carbocycles. The molecule has 20 atom stereocenters. The number of hydrogen-bond acceptors (Lipinski definition) is 0. The van der Waals surface area contributed by atoms with E-state index < -0.39 is 0 Å². The van der Waals surface area contributed by atoms with Crippen molar-refractivity contribution in [3.05, 3.63) is 0 Å². The van der Waals surface area contributed by atoms with Crippen LogP contribution in [0.5, 0.6) is 0 Å². The van der Waals surface area contributed by atoms with Crippen LogP contribution in [0.1, 0.15) is 427 Å². The Morgan fingerprint density at radius 1 is 0.146 bits per heavy atom. The van der Waals surface area contributed by atoms with E-state index in [1.165, 1.54) is 460 Å². The molecule has 10 nitrogen and oxygen atoms in total. The van der Waals surface area contributed by atoms with E-state index >= 15 is 0 Å². The van der Waals surface area contributed by atoms with Gasteiger partial charge in [0.1, 0.15) is 0 Å². The standard InChI is InChI=1S/2C16H34N.2C14H30N.2C12H26N.4C10H22N.10ClH/c1-5-8-10-17(11-9-6-2)13-15(4)12-16(7-3)14-17;1-5-9-11-17(12-10-6-2)13-15(7-3)16(8-4)14-17;1-5-8-15(9-6-2)11-13(4)10-14(7-3)12-15;1-5-9-15(10-6-2)11-13(7-3)14(8-4)12-15;1-5-12-8-11(4)9-13(6-2,7-3)10-12;1-5-11-9-13(7-3,8-4)10-12(11)6-2;2*1-5-10-6-9(2)7-11(3,4)8-10;2*1-5-9-7-11(3,4)8-10(9)6-2;;;;;;;;;;/h2*15-16H,5-14H2,1-4H3;2*13-14H,5-12H2,1-4H3;2*11-12H,5-10H2,1-4H3;4*9-10H,5-8H2,1-4H3;10*1H/q10*+1;;;;;;;;;;/p-10. The Balaban J connectivity index is -0.000000172. The average Bonchev–Trinajstić information content (AvgIpc) is 1.67. The molecule has 0 N–H and O–H groups in total. The molecule has 10 fully saturated rings. The molecule has 0 aromatic heterocycles. The number of nitrogens with zero attached hydrogens (tertiary/aromatic N) is 10. The summed E-state index contributed by atoms with van der Waals surface area (Å²) in [5.74, 6) is 19.7. The van der Waals surface area contributed by atoms with Gasteiger partial charge in [-0.1, -0.05) is 220 Å². The lowest BCUT2D eigenvalue weighted by Gasteiger charge is -2.47. The second-order valence-corrected chi connectivity index (χ2v) is 52.7. The maximum Gasteiger partial charge on any atom is 0.0820 e. The molecular weight excluding hydrogens is 1980 g/mol. The summed E-state index contributed by atoms with van der Waals surface area (Å²) < 4.78 is 13.5. The third kappa shape index (κ3) is 61.2. The molecule has 20 unspecified atom stereocenters. The van der Waals surface area contributed by atoms with Gasteiger partial charge in [-0.25, -0.2) is 0 Å². The molecule has 0 bridgehead atoms. The average molecular weight is 2250 g/mol. The van der Waals surface area contributed by atoms with Gasteiger partial charge in [0.2, 0.25) is 0 Å². The lowest BCUT2D eigenvalue weighted by atomic mass is 9.86. The van der Waals surface area contributed by atoms with Crippen molar-refractivity contribution in [3.63, 3.8) is 0 Å². The van der Waals surface area contributed by atoms with E-state index in [2.05, 4.69) is 278 Å². The Morgan fingerprint density at radius 3 is 0.472 bits per heavy atom. The summed E-state index contributed by atoms with van der Waals surface area (Å²) in [6.07, 6.45) is 44.6. The van der Waals surface area contributed by atoms with E-state index in [1.54, 1.807) is 0 Å². The zero-order valence-corrected chi connectivity index (χ0v) is 113. The lowest BCUT2D eigenvalue weighted by molar-refractivity contribution is -0.939. The summed E-state index contributed by atoms with van der Waals surface area (Å²) in [6, 6.07) is 0. The van der Waals surface area contributed by atoms with E-state index in [1.807, 2.05) is 0 Å². The van der Waals surface area contributed by atoms with Crippen LogP contribution in [0.4, 0.5) is 0 Å². The quantitative estimate of drug-likeness (QED) is 0.0797. The number of rotatable bonds is 39. The van der Waals surface area contributed by atoms with Gasteiger partial charge in [-0.15, -0.1) is 0 Å². The van der Waals surface area contributed by atoms with E-state index in [0.717, 1.165) is 118 Å². The highest BCUT2D eigenvalue weighted by Gasteiger charge is 2.47. The van der Waals surface area contributed by atoms with Gasteiger partial charge in [0.25, 0.3) is 0 Å². The van der Waals surface area contributed by atoms with E-state index in [9.17, 15) is 0 Å². The Bertz CT molecular complexity index is 2670. The van der Waals surface area contributed by atoms with Crippen LogP contribution < -0.4 is 124 Å². The van der Waals surface area contributed by atoms with Gasteiger partial charge in [0, 0.05) is 118 Å². The molecule has 20 heteroatoms. The Kier molecular flexibility index (Phi) is 101. The number of piperidine rings is 5. The molecule has 10 aliphatic heterocycles. The Labute approximate surface area is 972 Å². The normalized spacial score (nSPS) is 29.9. The zero-order chi connectivity index (χ0) is 102. The Hall–Kier alpha value is 2.50. The van der Waals surface area contributed by atoms with Crippen LogP contribution >= 0.6 is 0 Å². The first-order chi connectivity index (χ1) is 63.3. The molecule has 0 aromatic carbocycles. The van der Waals surface area contributed by atoms with Gasteiger partial charge in [-0.2, -0.15) is 0 Å². The molecule has 10 heterocycles. The molecule has 0 radical (unpaired) electrons. The fourth-order valence-electron chi connectivity index (χ4n) is 31.4. The molecule has 10 saturated heterocycles. The highest BCUT2D eigenvalue weighted by Crippen LogP contribution is 2.41. The predicted molar refractivity (Wildman–Crippen MR) is 605 cm³/mol. The van der Waals surface area contributed by atoms with Crippen LogP contribution in [-0.2, 0) is 0 Å². The minimum absolute atomic E-state index is 0. The maximum absolute atomic E-state index is 2.48. The fraction of sp³-hybridized carbons (Fsp3) is 1.00. The predicted octanol–water partition coefficient (Wildman–Crippen LogP) is 0.690. The molecule has 884 valence electrons. The molecular formula is C124H268Cl10N10. The van der Waals surface area contributed by atoms with Gasteiger partial charge in [0.05, 0.1) is 266 Å². The van der Waals surface area contributed by atoms with Crippen molar-refractivity contribution in [2.75, 3.05) is 266 Å². The molecule has 0 aromatic rings. The van der Waals surface area contributed by atoms with Gasteiger partial charge >= 0.3 is 0 Å². The van der Waals surface area contributed by atoms with Crippen molar-refractivity contribution in [2.45, 2.75) is 427 Å². The van der Waals surface area contributed by atoms with Gasteiger partial charge in [-0.05, 0) is 207 Å². The fourth-order valence-corrected chi connectivity index (χ4v) is 31.4. The third-order valence-corrected chi connectivity index (χ3v) is 38.4. The first kappa shape index (κ1) is 166. The minimum atomic E-state index is 0. The number of halogens is 10. The van der Waals surface area contributed by atoms with Crippen molar-refractivity contribution >= 4 is 0 Å². The van der Waals surface area contributed by atoms with E-state index in [0.29, 0.717) is 0 Å². The zero-order valence-electron chi connectivity index (χ0n) is 105. The van der Waals surface area contributed by atoms with E-state index in [-0.39, 0.29) is 124 Å². The highest BCUT2D eigenvalue weighted by molar-refractivity contribution is 4.81. The summed E-state index contributed by atoms with van der Waals surface area (Å²) in [5.41, 5.74) is 0. The van der Waals surface area contributed by atoms with Crippen LogP contribution in [-0.4, -0.2) is 311 Å². The first-order valence-electron chi connectivity index (χ1n) is 61.7. The van der Waals surface area contributed by atoms with E-state index in [4.69, 9.17) is 0 Å². The van der Waals surface area contributed by atoms with Crippen LogP contribution in [0.2, 0.25) is 0 Å². The summed E-state index contributed by atoms with van der Waals surface area (Å²) >= 11 is 0. The number of hydrogen-bond donors (Lipinski definition) is 0. The van der Waals surface area contributed by atoms with Crippen LogP contribution in [0.3, 0.4) is 0 Å². The summed E-state index contributed by atoms with van der Waals surface area (Å²) in [4.78, 5) is 0. The minimum Gasteiger partial charge on any atom is -1.00 e. The lowest BCUT2D eigenvalue weighted by Crippen LogP contribution is -3.00. The highest BCUT2D eigenvalue weighted by atomic mass is 35.5. The van der Waals surface area contributed by atoms with Crippen molar-refractivity contribution < 1.29 is 169 Å². The van der Waals surface area contributed by atoms with Gasteiger partial charge in [0.15, 0.2) is 0 Å². The smallest absolute Gasteiger partial charge is 0.0820 e.